The van der Waals surface area contributed by atoms with Gasteiger partial charge in [0.2, 0.25) is 0 Å². The molecule has 2 heterocycles. The fraction of sp³-hybridized carbons (Fsp3) is 0.462. The van der Waals surface area contributed by atoms with Crippen LogP contribution in [0.3, 0.4) is 0 Å². The number of furan rings is 1. The highest BCUT2D eigenvalue weighted by Gasteiger charge is 2.12. The van der Waals surface area contributed by atoms with E-state index in [0.717, 1.165) is 17.9 Å². The molecule has 2 rings (SSSR count). The largest absolute Gasteiger partial charge is 0.467 e. The first-order valence-corrected chi connectivity index (χ1v) is 6.30. The van der Waals surface area contributed by atoms with Gasteiger partial charge in [-0.05, 0) is 26.8 Å². The molecule has 0 amide bonds. The molecule has 0 unspecified atom stereocenters. The predicted molar refractivity (Wildman–Crippen MR) is 71.6 cm³/mol. The molecule has 98 valence electrons. The standard InChI is InChI=1S/C13H18ClN3O/c1-13(2,3)15-6-10-4-5-18-12(10)9-17-8-11(14)7-16-17/h4-5,7-8,15H,6,9H2,1-3H3. The van der Waals surface area contributed by atoms with Crippen molar-refractivity contribution in [1.29, 1.82) is 0 Å². The SMILES string of the molecule is CC(C)(C)NCc1ccoc1Cn1cc(Cl)cn1. The van der Waals surface area contributed by atoms with E-state index in [1.807, 2.05) is 6.07 Å². The zero-order valence-electron chi connectivity index (χ0n) is 10.9. The van der Waals surface area contributed by atoms with Gasteiger partial charge in [-0.1, -0.05) is 11.6 Å². The van der Waals surface area contributed by atoms with Gasteiger partial charge in [0.05, 0.1) is 24.0 Å². The first-order chi connectivity index (χ1) is 8.44. The Balaban J connectivity index is 2.03. The molecule has 0 radical (unpaired) electrons. The van der Waals surface area contributed by atoms with Crippen molar-refractivity contribution in [2.24, 2.45) is 0 Å². The van der Waals surface area contributed by atoms with Crippen LogP contribution in [-0.4, -0.2) is 15.3 Å². The molecule has 0 aliphatic rings. The Morgan fingerprint density at radius 2 is 2.22 bits per heavy atom. The third-order valence-electron chi connectivity index (χ3n) is 2.55. The number of nitrogens with zero attached hydrogens (tertiary/aromatic N) is 2. The highest BCUT2D eigenvalue weighted by atomic mass is 35.5. The summed E-state index contributed by atoms with van der Waals surface area (Å²) in [5, 5.41) is 8.22. The van der Waals surface area contributed by atoms with Gasteiger partial charge in [0.25, 0.3) is 0 Å². The monoisotopic (exact) mass is 267 g/mol. The van der Waals surface area contributed by atoms with Gasteiger partial charge in [-0.3, -0.25) is 4.68 Å². The number of hydrogen-bond acceptors (Lipinski definition) is 3. The van der Waals surface area contributed by atoms with Gasteiger partial charge in [-0.15, -0.1) is 0 Å². The van der Waals surface area contributed by atoms with E-state index < -0.39 is 0 Å². The van der Waals surface area contributed by atoms with Crippen molar-refractivity contribution in [2.75, 3.05) is 0 Å². The second kappa shape index (κ2) is 5.16. The molecule has 0 saturated carbocycles. The van der Waals surface area contributed by atoms with Crippen molar-refractivity contribution in [2.45, 2.75) is 39.4 Å². The molecule has 4 nitrogen and oxygen atoms in total. The number of hydrogen-bond donors (Lipinski definition) is 1. The van der Waals surface area contributed by atoms with E-state index in [9.17, 15) is 0 Å². The summed E-state index contributed by atoms with van der Waals surface area (Å²) in [5.74, 6) is 0.909. The van der Waals surface area contributed by atoms with Crippen LogP contribution in [0.4, 0.5) is 0 Å². The highest BCUT2D eigenvalue weighted by molar-refractivity contribution is 6.30. The van der Waals surface area contributed by atoms with Gasteiger partial charge in [-0.2, -0.15) is 5.10 Å². The predicted octanol–water partition coefficient (Wildman–Crippen LogP) is 3.07. The third kappa shape index (κ3) is 3.62. The molecule has 0 aromatic carbocycles. The van der Waals surface area contributed by atoms with E-state index in [1.54, 1.807) is 23.3 Å². The van der Waals surface area contributed by atoms with E-state index in [4.69, 9.17) is 16.0 Å². The highest BCUT2D eigenvalue weighted by Crippen LogP contribution is 2.14. The van der Waals surface area contributed by atoms with Crippen molar-refractivity contribution < 1.29 is 4.42 Å². The lowest BCUT2D eigenvalue weighted by atomic mass is 10.1. The lowest BCUT2D eigenvalue weighted by molar-refractivity contribution is 0.416. The van der Waals surface area contributed by atoms with Crippen molar-refractivity contribution in [3.8, 4) is 0 Å². The molecule has 0 atom stereocenters. The molecule has 0 spiro atoms. The summed E-state index contributed by atoms with van der Waals surface area (Å²) >= 11 is 5.84. The smallest absolute Gasteiger partial charge is 0.129 e. The summed E-state index contributed by atoms with van der Waals surface area (Å²) in [7, 11) is 0. The molecule has 18 heavy (non-hydrogen) atoms. The van der Waals surface area contributed by atoms with Gasteiger partial charge >= 0.3 is 0 Å². The second-order valence-electron chi connectivity index (χ2n) is 5.33. The Labute approximate surface area is 112 Å². The van der Waals surface area contributed by atoms with Crippen molar-refractivity contribution in [3.05, 3.63) is 41.1 Å². The maximum absolute atomic E-state index is 5.84. The molecular weight excluding hydrogens is 250 g/mol. The Morgan fingerprint density at radius 3 is 2.83 bits per heavy atom. The Hall–Kier alpha value is -1.26. The first kappa shape index (κ1) is 13.2. The summed E-state index contributed by atoms with van der Waals surface area (Å²) < 4.78 is 7.26. The van der Waals surface area contributed by atoms with Crippen LogP contribution >= 0.6 is 11.6 Å². The van der Waals surface area contributed by atoms with Gasteiger partial charge in [0, 0.05) is 23.8 Å². The lowest BCUT2D eigenvalue weighted by Crippen LogP contribution is -2.35. The van der Waals surface area contributed by atoms with Crippen LogP contribution in [0.15, 0.2) is 29.1 Å². The van der Waals surface area contributed by atoms with Crippen LogP contribution in [-0.2, 0) is 13.1 Å². The van der Waals surface area contributed by atoms with Crippen molar-refractivity contribution in [1.82, 2.24) is 15.1 Å². The number of halogens is 1. The average Bonchev–Trinajstić information content (AvgIpc) is 2.85. The van der Waals surface area contributed by atoms with Crippen molar-refractivity contribution >= 4 is 11.6 Å². The quantitative estimate of drug-likeness (QED) is 0.926. The molecule has 0 aliphatic carbocycles. The fourth-order valence-corrected chi connectivity index (χ4v) is 1.75. The summed E-state index contributed by atoms with van der Waals surface area (Å²) in [6, 6.07) is 1.99. The van der Waals surface area contributed by atoms with E-state index in [0.29, 0.717) is 11.6 Å². The number of nitrogens with one attached hydrogen (secondary N) is 1. The topological polar surface area (TPSA) is 43.0 Å². The zero-order valence-corrected chi connectivity index (χ0v) is 11.7. The molecule has 1 N–H and O–H groups in total. The Kier molecular flexibility index (Phi) is 3.78. The van der Waals surface area contributed by atoms with Crippen LogP contribution in [0.2, 0.25) is 5.02 Å². The van der Waals surface area contributed by atoms with Gasteiger partial charge < -0.3 is 9.73 Å². The zero-order chi connectivity index (χ0) is 13.2. The molecule has 2 aromatic rings. The summed E-state index contributed by atoms with van der Waals surface area (Å²) in [5.41, 5.74) is 1.24. The van der Waals surface area contributed by atoms with Crippen LogP contribution in [0, 0.1) is 0 Å². The summed E-state index contributed by atoms with van der Waals surface area (Å²) in [4.78, 5) is 0. The molecular formula is C13H18ClN3O. The van der Waals surface area contributed by atoms with E-state index in [2.05, 4.69) is 31.2 Å². The van der Waals surface area contributed by atoms with E-state index in [-0.39, 0.29) is 5.54 Å². The van der Waals surface area contributed by atoms with Gasteiger partial charge in [0.1, 0.15) is 5.76 Å². The molecule has 5 heteroatoms. The maximum Gasteiger partial charge on any atom is 0.129 e. The van der Waals surface area contributed by atoms with Crippen LogP contribution in [0.25, 0.3) is 0 Å². The number of aromatic nitrogens is 2. The van der Waals surface area contributed by atoms with Gasteiger partial charge in [-0.25, -0.2) is 0 Å². The van der Waals surface area contributed by atoms with Crippen molar-refractivity contribution in [3.63, 3.8) is 0 Å². The fourth-order valence-electron chi connectivity index (χ4n) is 1.60. The summed E-state index contributed by atoms with van der Waals surface area (Å²) in [6.07, 6.45) is 5.11. The van der Waals surface area contributed by atoms with E-state index in [1.165, 1.54) is 0 Å². The number of rotatable bonds is 4. The first-order valence-electron chi connectivity index (χ1n) is 5.92. The normalized spacial score (nSPS) is 12.0. The maximum atomic E-state index is 5.84. The minimum atomic E-state index is 0.0869. The molecule has 0 bridgehead atoms. The van der Waals surface area contributed by atoms with Crippen LogP contribution in [0.5, 0.6) is 0 Å². The van der Waals surface area contributed by atoms with E-state index >= 15 is 0 Å². The second-order valence-corrected chi connectivity index (χ2v) is 5.77. The molecule has 0 aliphatic heterocycles. The van der Waals surface area contributed by atoms with Crippen LogP contribution in [0.1, 0.15) is 32.1 Å². The molecule has 0 fully saturated rings. The minimum Gasteiger partial charge on any atom is -0.467 e. The Bertz CT molecular complexity index is 510. The Morgan fingerprint density at radius 1 is 1.44 bits per heavy atom. The molecule has 2 aromatic heterocycles. The summed E-state index contributed by atoms with van der Waals surface area (Å²) in [6.45, 7) is 7.80. The average molecular weight is 268 g/mol. The third-order valence-corrected chi connectivity index (χ3v) is 2.75. The van der Waals surface area contributed by atoms with Crippen LogP contribution < -0.4 is 5.32 Å². The minimum absolute atomic E-state index is 0.0869. The van der Waals surface area contributed by atoms with Gasteiger partial charge in [0.15, 0.2) is 0 Å². The lowest BCUT2D eigenvalue weighted by Gasteiger charge is -2.20. The molecule has 0 saturated heterocycles.